The van der Waals surface area contributed by atoms with Gasteiger partial charge in [0, 0.05) is 0 Å². The molecule has 0 aliphatic heterocycles. The quantitative estimate of drug-likeness (QED) is 0.679. The van der Waals surface area contributed by atoms with Crippen LogP contribution >= 0.6 is 0 Å². The van der Waals surface area contributed by atoms with E-state index in [-0.39, 0.29) is 0 Å². The summed E-state index contributed by atoms with van der Waals surface area (Å²) in [5, 5.41) is 0. The van der Waals surface area contributed by atoms with Gasteiger partial charge in [-0.05, 0) is 36.6 Å². The van der Waals surface area contributed by atoms with Gasteiger partial charge in [-0.3, -0.25) is 0 Å². The average Bonchev–Trinajstić information content (AvgIpc) is 2.17. The molecule has 0 aromatic heterocycles. The van der Waals surface area contributed by atoms with Crippen LogP contribution in [0.2, 0.25) is 0 Å². The SMILES string of the molecule is CCC=C(C)c1ccc(C(F)(F)F)cc1. The van der Waals surface area contributed by atoms with E-state index in [0.29, 0.717) is 0 Å². The number of benzene rings is 1. The third-order valence-electron chi connectivity index (χ3n) is 2.18. The van der Waals surface area contributed by atoms with Crippen molar-refractivity contribution in [3.8, 4) is 0 Å². The van der Waals surface area contributed by atoms with Crippen molar-refractivity contribution in [3.63, 3.8) is 0 Å². The first kappa shape index (κ1) is 11.8. The average molecular weight is 214 g/mol. The van der Waals surface area contributed by atoms with Crippen molar-refractivity contribution in [3.05, 3.63) is 41.5 Å². The van der Waals surface area contributed by atoms with Crippen LogP contribution in [0.15, 0.2) is 30.3 Å². The standard InChI is InChI=1S/C12H13F3/c1-3-4-9(2)10-5-7-11(8-6-10)12(13,14)15/h4-8H,3H2,1-2H3. The van der Waals surface area contributed by atoms with Crippen LogP contribution in [0, 0.1) is 0 Å². The van der Waals surface area contributed by atoms with Crippen LogP contribution < -0.4 is 0 Å². The molecule has 0 nitrogen and oxygen atoms in total. The van der Waals surface area contributed by atoms with Gasteiger partial charge in [-0.15, -0.1) is 0 Å². The number of hydrogen-bond donors (Lipinski definition) is 0. The molecule has 0 atom stereocenters. The molecule has 0 fully saturated rings. The van der Waals surface area contributed by atoms with Crippen LogP contribution in [0.5, 0.6) is 0 Å². The van der Waals surface area contributed by atoms with E-state index >= 15 is 0 Å². The van der Waals surface area contributed by atoms with E-state index in [1.54, 1.807) is 0 Å². The van der Waals surface area contributed by atoms with Crippen LogP contribution in [-0.4, -0.2) is 0 Å². The largest absolute Gasteiger partial charge is 0.416 e. The molecule has 0 radical (unpaired) electrons. The predicted octanol–water partition coefficient (Wildman–Crippen LogP) is 4.52. The first-order chi connectivity index (χ1) is 6.95. The Labute approximate surface area is 87.4 Å². The zero-order chi connectivity index (χ0) is 11.5. The molecular formula is C12H13F3. The third kappa shape index (κ3) is 3.11. The molecule has 0 spiro atoms. The Bertz CT molecular complexity index is 344. The van der Waals surface area contributed by atoms with Gasteiger partial charge in [-0.2, -0.15) is 13.2 Å². The maximum absolute atomic E-state index is 12.3. The van der Waals surface area contributed by atoms with Crippen molar-refractivity contribution in [1.82, 2.24) is 0 Å². The van der Waals surface area contributed by atoms with Crippen molar-refractivity contribution in [2.45, 2.75) is 26.4 Å². The molecule has 0 unspecified atom stereocenters. The molecule has 0 aliphatic carbocycles. The Balaban J connectivity index is 2.96. The summed E-state index contributed by atoms with van der Waals surface area (Å²) in [7, 11) is 0. The smallest absolute Gasteiger partial charge is 0.166 e. The molecule has 0 saturated heterocycles. The van der Waals surface area contributed by atoms with Gasteiger partial charge in [0.1, 0.15) is 0 Å². The normalized spacial score (nSPS) is 13.0. The molecule has 3 heteroatoms. The van der Waals surface area contributed by atoms with Crippen LogP contribution in [0.1, 0.15) is 31.4 Å². The highest BCUT2D eigenvalue weighted by Crippen LogP contribution is 2.29. The van der Waals surface area contributed by atoms with E-state index < -0.39 is 11.7 Å². The molecule has 0 aliphatic rings. The fourth-order valence-corrected chi connectivity index (χ4v) is 1.35. The van der Waals surface area contributed by atoms with Crippen LogP contribution in [0.25, 0.3) is 5.57 Å². The Morgan fingerprint density at radius 1 is 1.20 bits per heavy atom. The van der Waals surface area contributed by atoms with Gasteiger partial charge >= 0.3 is 6.18 Å². The van der Waals surface area contributed by atoms with Gasteiger partial charge in [0.2, 0.25) is 0 Å². The second kappa shape index (κ2) is 4.51. The molecular weight excluding hydrogens is 201 g/mol. The summed E-state index contributed by atoms with van der Waals surface area (Å²) in [6.07, 6.45) is -1.38. The summed E-state index contributed by atoms with van der Waals surface area (Å²) in [5.41, 5.74) is 1.24. The van der Waals surface area contributed by atoms with E-state index in [1.165, 1.54) is 12.1 Å². The second-order valence-corrected chi connectivity index (χ2v) is 3.37. The predicted molar refractivity (Wildman–Crippen MR) is 55.4 cm³/mol. The van der Waals surface area contributed by atoms with Crippen molar-refractivity contribution in [1.29, 1.82) is 0 Å². The number of allylic oxidation sites excluding steroid dienone is 2. The number of halogens is 3. The number of rotatable bonds is 2. The van der Waals surface area contributed by atoms with Crippen LogP contribution in [-0.2, 0) is 6.18 Å². The highest BCUT2D eigenvalue weighted by atomic mass is 19.4. The highest BCUT2D eigenvalue weighted by Gasteiger charge is 2.29. The van der Waals surface area contributed by atoms with Crippen LogP contribution in [0.4, 0.5) is 13.2 Å². The highest BCUT2D eigenvalue weighted by molar-refractivity contribution is 5.63. The van der Waals surface area contributed by atoms with Gasteiger partial charge in [0.05, 0.1) is 5.56 Å². The molecule has 0 saturated carbocycles. The molecule has 1 aromatic carbocycles. The second-order valence-electron chi connectivity index (χ2n) is 3.37. The Hall–Kier alpha value is -1.25. The van der Waals surface area contributed by atoms with Crippen molar-refractivity contribution < 1.29 is 13.2 Å². The summed E-state index contributed by atoms with van der Waals surface area (Å²) in [6, 6.07) is 5.24. The summed E-state index contributed by atoms with van der Waals surface area (Å²) in [4.78, 5) is 0. The van der Waals surface area contributed by atoms with Crippen molar-refractivity contribution >= 4 is 5.57 Å². The third-order valence-corrected chi connectivity index (χ3v) is 2.18. The van der Waals surface area contributed by atoms with Crippen molar-refractivity contribution in [2.24, 2.45) is 0 Å². The molecule has 0 bridgehead atoms. The van der Waals surface area contributed by atoms with E-state index in [2.05, 4.69) is 0 Å². The first-order valence-electron chi connectivity index (χ1n) is 4.79. The Morgan fingerprint density at radius 2 is 1.73 bits per heavy atom. The molecule has 0 N–H and O–H groups in total. The minimum Gasteiger partial charge on any atom is -0.166 e. The maximum atomic E-state index is 12.3. The van der Waals surface area contributed by atoms with E-state index in [9.17, 15) is 13.2 Å². The Kier molecular flexibility index (Phi) is 3.56. The summed E-state index contributed by atoms with van der Waals surface area (Å²) >= 11 is 0. The molecule has 1 rings (SSSR count). The monoisotopic (exact) mass is 214 g/mol. The summed E-state index contributed by atoms with van der Waals surface area (Å²) in [6.45, 7) is 3.89. The number of alkyl halides is 3. The lowest BCUT2D eigenvalue weighted by molar-refractivity contribution is -0.137. The fourth-order valence-electron chi connectivity index (χ4n) is 1.35. The lowest BCUT2D eigenvalue weighted by atomic mass is 10.0. The molecule has 82 valence electrons. The van der Waals surface area contributed by atoms with Gasteiger partial charge in [-0.25, -0.2) is 0 Å². The van der Waals surface area contributed by atoms with Gasteiger partial charge in [0.15, 0.2) is 0 Å². The van der Waals surface area contributed by atoms with Gasteiger partial charge < -0.3 is 0 Å². The maximum Gasteiger partial charge on any atom is 0.416 e. The summed E-state index contributed by atoms with van der Waals surface area (Å²) < 4.78 is 36.8. The lowest BCUT2D eigenvalue weighted by Gasteiger charge is -2.07. The molecule has 1 aromatic rings. The summed E-state index contributed by atoms with van der Waals surface area (Å²) in [5.74, 6) is 0. The minimum absolute atomic E-state index is 0.601. The Morgan fingerprint density at radius 3 is 2.13 bits per heavy atom. The molecule has 0 amide bonds. The minimum atomic E-state index is -4.25. The molecule has 0 heterocycles. The van der Waals surface area contributed by atoms with E-state index in [0.717, 1.165) is 29.7 Å². The molecule has 15 heavy (non-hydrogen) atoms. The van der Waals surface area contributed by atoms with Gasteiger partial charge in [0.25, 0.3) is 0 Å². The lowest BCUT2D eigenvalue weighted by Crippen LogP contribution is -2.04. The van der Waals surface area contributed by atoms with Crippen molar-refractivity contribution in [2.75, 3.05) is 0 Å². The first-order valence-corrected chi connectivity index (χ1v) is 4.79. The van der Waals surface area contributed by atoms with E-state index in [1.807, 2.05) is 19.9 Å². The zero-order valence-electron chi connectivity index (χ0n) is 8.73. The zero-order valence-corrected chi connectivity index (χ0v) is 8.73. The van der Waals surface area contributed by atoms with E-state index in [4.69, 9.17) is 0 Å². The van der Waals surface area contributed by atoms with Crippen LogP contribution in [0.3, 0.4) is 0 Å². The van der Waals surface area contributed by atoms with Gasteiger partial charge in [-0.1, -0.05) is 25.1 Å². The fraction of sp³-hybridized carbons (Fsp3) is 0.333. The topological polar surface area (TPSA) is 0 Å². The number of hydrogen-bond acceptors (Lipinski definition) is 0.